The number of nitrogens with zero attached hydrogens (tertiary/aromatic N) is 1. The third kappa shape index (κ3) is 2.70. The van der Waals surface area contributed by atoms with Crippen molar-refractivity contribution in [2.45, 2.75) is 57.3 Å². The van der Waals surface area contributed by atoms with E-state index in [1.807, 2.05) is 0 Å². The molecule has 2 nitrogen and oxygen atoms in total. The summed E-state index contributed by atoms with van der Waals surface area (Å²) >= 11 is 0. The Morgan fingerprint density at radius 1 is 1.32 bits per heavy atom. The molecule has 3 rings (SSSR count). The van der Waals surface area contributed by atoms with Crippen molar-refractivity contribution in [3.05, 3.63) is 36.0 Å². The third-order valence-corrected chi connectivity index (χ3v) is 4.70. The van der Waals surface area contributed by atoms with Gasteiger partial charge in [-0.2, -0.15) is 0 Å². The second-order valence-electron chi connectivity index (χ2n) is 6.32. The van der Waals surface area contributed by atoms with Crippen molar-refractivity contribution in [2.75, 3.05) is 13.1 Å². The van der Waals surface area contributed by atoms with Gasteiger partial charge in [0.1, 0.15) is 0 Å². The maximum absolute atomic E-state index is 6.49. The number of hydrogen-bond donors (Lipinski definition) is 0. The van der Waals surface area contributed by atoms with Crippen LogP contribution in [0.1, 0.15) is 39.5 Å². The first-order valence-electron chi connectivity index (χ1n) is 7.66. The van der Waals surface area contributed by atoms with Crippen molar-refractivity contribution >= 4 is 0 Å². The third-order valence-electron chi connectivity index (χ3n) is 4.70. The molecule has 0 N–H and O–H groups in total. The van der Waals surface area contributed by atoms with Crippen LogP contribution in [0.2, 0.25) is 0 Å². The van der Waals surface area contributed by atoms with Gasteiger partial charge in [-0.25, -0.2) is 0 Å². The second-order valence-corrected chi connectivity index (χ2v) is 6.32. The van der Waals surface area contributed by atoms with E-state index in [2.05, 4.69) is 49.1 Å². The predicted octanol–water partition coefficient (Wildman–Crippen LogP) is 3.46. The normalized spacial score (nSPS) is 35.3. The Bertz CT molecular complexity index is 421. The van der Waals surface area contributed by atoms with Gasteiger partial charge in [-0.15, -0.1) is 0 Å². The lowest BCUT2D eigenvalue weighted by Crippen LogP contribution is -2.40. The predicted molar refractivity (Wildman–Crippen MR) is 79.1 cm³/mol. The van der Waals surface area contributed by atoms with E-state index in [-0.39, 0.29) is 5.60 Å². The Labute approximate surface area is 116 Å². The lowest BCUT2D eigenvalue weighted by molar-refractivity contribution is -0.0595. The zero-order valence-corrected chi connectivity index (χ0v) is 12.1. The number of likely N-dealkylation sites (tertiary alicyclic amines) is 1. The molecule has 0 aromatic rings. The Hall–Kier alpha value is -0.860. The fraction of sp³-hybridized carbons (Fsp3) is 0.647. The molecule has 1 fully saturated rings. The first-order valence-corrected chi connectivity index (χ1v) is 7.66. The summed E-state index contributed by atoms with van der Waals surface area (Å²) in [4.78, 5) is 2.58. The Morgan fingerprint density at radius 2 is 2.21 bits per heavy atom. The van der Waals surface area contributed by atoms with E-state index in [9.17, 15) is 0 Å². The van der Waals surface area contributed by atoms with Crippen LogP contribution >= 0.6 is 0 Å². The van der Waals surface area contributed by atoms with Crippen LogP contribution in [0.5, 0.6) is 0 Å². The van der Waals surface area contributed by atoms with E-state index in [4.69, 9.17) is 4.74 Å². The summed E-state index contributed by atoms with van der Waals surface area (Å²) in [5.74, 6) is 0. The molecular formula is C17H25NO. The molecule has 19 heavy (non-hydrogen) atoms. The zero-order valence-electron chi connectivity index (χ0n) is 12.1. The van der Waals surface area contributed by atoms with Gasteiger partial charge in [0.25, 0.3) is 0 Å². The number of rotatable bonds is 1. The molecule has 1 aliphatic carbocycles. The molecule has 0 aromatic carbocycles. The van der Waals surface area contributed by atoms with E-state index in [0.29, 0.717) is 12.1 Å². The van der Waals surface area contributed by atoms with Crippen LogP contribution in [0.25, 0.3) is 0 Å². The monoisotopic (exact) mass is 259 g/mol. The zero-order chi connectivity index (χ0) is 13.3. The molecule has 0 saturated carbocycles. The largest absolute Gasteiger partial charge is 0.363 e. The van der Waals surface area contributed by atoms with Gasteiger partial charge < -0.3 is 9.64 Å². The molecule has 1 spiro atoms. The van der Waals surface area contributed by atoms with Gasteiger partial charge in [-0.1, -0.05) is 30.4 Å². The minimum atomic E-state index is -0.00315. The van der Waals surface area contributed by atoms with Crippen molar-refractivity contribution < 1.29 is 4.74 Å². The van der Waals surface area contributed by atoms with Crippen LogP contribution in [0.3, 0.4) is 0 Å². The molecule has 2 atom stereocenters. The van der Waals surface area contributed by atoms with Gasteiger partial charge in [0.2, 0.25) is 0 Å². The fourth-order valence-electron chi connectivity index (χ4n) is 3.43. The summed E-state index contributed by atoms with van der Waals surface area (Å²) in [5, 5.41) is 0. The van der Waals surface area contributed by atoms with E-state index in [0.717, 1.165) is 19.4 Å². The van der Waals surface area contributed by atoms with Gasteiger partial charge in [0.15, 0.2) is 0 Å². The van der Waals surface area contributed by atoms with Crippen molar-refractivity contribution in [2.24, 2.45) is 0 Å². The SMILES string of the molecule is CC(C)N1CCCC2(C=CC3=CC=CCC3O2)CC1. The lowest BCUT2D eigenvalue weighted by atomic mass is 9.87. The second kappa shape index (κ2) is 5.26. The highest BCUT2D eigenvalue weighted by atomic mass is 16.5. The summed E-state index contributed by atoms with van der Waals surface area (Å²) in [6.45, 7) is 6.96. The maximum atomic E-state index is 6.49. The molecule has 2 heterocycles. The van der Waals surface area contributed by atoms with Gasteiger partial charge in [-0.3, -0.25) is 0 Å². The summed E-state index contributed by atoms with van der Waals surface area (Å²) in [6, 6.07) is 0.649. The maximum Gasteiger partial charge on any atom is 0.0886 e. The van der Waals surface area contributed by atoms with Crippen molar-refractivity contribution in [1.82, 2.24) is 4.90 Å². The smallest absolute Gasteiger partial charge is 0.0886 e. The molecule has 1 saturated heterocycles. The minimum absolute atomic E-state index is 0.00315. The van der Waals surface area contributed by atoms with Crippen molar-refractivity contribution in [1.29, 1.82) is 0 Å². The quantitative estimate of drug-likeness (QED) is 0.715. The molecular weight excluding hydrogens is 234 g/mol. The van der Waals surface area contributed by atoms with Crippen LogP contribution < -0.4 is 0 Å². The lowest BCUT2D eigenvalue weighted by Gasteiger charge is -2.39. The van der Waals surface area contributed by atoms with Crippen LogP contribution in [0, 0.1) is 0 Å². The molecule has 2 heteroatoms. The van der Waals surface area contributed by atoms with Crippen molar-refractivity contribution in [3.8, 4) is 0 Å². The molecule has 0 bridgehead atoms. The molecule has 104 valence electrons. The van der Waals surface area contributed by atoms with E-state index in [1.54, 1.807) is 0 Å². The summed E-state index contributed by atoms with van der Waals surface area (Å²) in [7, 11) is 0. The molecule has 0 aromatic heterocycles. The Balaban J connectivity index is 1.74. The molecule has 0 radical (unpaired) electrons. The van der Waals surface area contributed by atoms with Crippen LogP contribution in [-0.4, -0.2) is 35.7 Å². The van der Waals surface area contributed by atoms with Gasteiger partial charge in [0, 0.05) is 12.6 Å². The number of allylic oxidation sites excluding steroid dienone is 2. The average Bonchev–Trinajstić information content (AvgIpc) is 2.62. The summed E-state index contributed by atoms with van der Waals surface area (Å²) in [6.07, 6.45) is 16.1. The average molecular weight is 259 g/mol. The molecule has 0 amide bonds. The van der Waals surface area contributed by atoms with Crippen LogP contribution in [0.4, 0.5) is 0 Å². The van der Waals surface area contributed by atoms with Crippen molar-refractivity contribution in [3.63, 3.8) is 0 Å². The summed E-state index contributed by atoms with van der Waals surface area (Å²) < 4.78 is 6.49. The van der Waals surface area contributed by atoms with Gasteiger partial charge in [0.05, 0.1) is 11.7 Å². The number of fused-ring (bicyclic) bond motifs is 1. The van der Waals surface area contributed by atoms with Crippen LogP contribution in [0.15, 0.2) is 36.0 Å². The first kappa shape index (κ1) is 13.1. The van der Waals surface area contributed by atoms with Gasteiger partial charge in [-0.05, 0) is 51.6 Å². The number of hydrogen-bond acceptors (Lipinski definition) is 2. The first-order chi connectivity index (χ1) is 9.19. The topological polar surface area (TPSA) is 12.5 Å². The van der Waals surface area contributed by atoms with E-state index >= 15 is 0 Å². The highest BCUT2D eigenvalue weighted by Gasteiger charge is 2.37. The molecule has 2 aliphatic heterocycles. The highest BCUT2D eigenvalue weighted by molar-refractivity contribution is 5.35. The van der Waals surface area contributed by atoms with E-state index < -0.39 is 0 Å². The van der Waals surface area contributed by atoms with E-state index in [1.165, 1.54) is 25.0 Å². The Kier molecular flexibility index (Phi) is 3.64. The number of ether oxygens (including phenoxy) is 1. The minimum Gasteiger partial charge on any atom is -0.363 e. The van der Waals surface area contributed by atoms with Gasteiger partial charge >= 0.3 is 0 Å². The molecule has 2 unspecified atom stereocenters. The molecule has 3 aliphatic rings. The fourth-order valence-corrected chi connectivity index (χ4v) is 3.43. The van der Waals surface area contributed by atoms with Crippen LogP contribution in [-0.2, 0) is 4.74 Å². The standard InChI is InChI=1S/C17H25NO/c1-14(2)18-12-5-9-17(11-13-18)10-8-15-6-3-4-7-16(15)19-17/h3-4,6,8,10,14,16H,5,7,9,11-13H2,1-2H3. The Morgan fingerprint density at radius 3 is 3.05 bits per heavy atom. The highest BCUT2D eigenvalue weighted by Crippen LogP contribution is 2.37. The summed E-state index contributed by atoms with van der Waals surface area (Å²) in [5.41, 5.74) is 1.34.